The van der Waals surface area contributed by atoms with Gasteiger partial charge in [-0.2, -0.15) is 0 Å². The van der Waals surface area contributed by atoms with Crippen molar-refractivity contribution in [2.24, 2.45) is 11.7 Å². The van der Waals surface area contributed by atoms with Gasteiger partial charge in [-0.25, -0.2) is 4.79 Å². The molecular formula is C35H62N2O4. The Morgan fingerprint density at radius 3 is 1.78 bits per heavy atom. The van der Waals surface area contributed by atoms with Gasteiger partial charge in [-0.1, -0.05) is 147 Å². The third kappa shape index (κ3) is 19.9. The second-order valence-corrected chi connectivity index (χ2v) is 12.2. The fraction of sp³-hybridized carbons (Fsp3) is 0.771. The Balaban J connectivity index is 2.21. The van der Waals surface area contributed by atoms with Crippen LogP contribution in [0.2, 0.25) is 0 Å². The molecule has 0 amide bonds. The average Bonchev–Trinajstić information content (AvgIpc) is 2.96. The Hall–Kier alpha value is -1.76. The van der Waals surface area contributed by atoms with E-state index in [0.29, 0.717) is 6.42 Å². The Bertz CT molecular complexity index is 771. The molecular weight excluding hydrogens is 512 g/mol. The summed E-state index contributed by atoms with van der Waals surface area (Å²) < 4.78 is 4.88. The molecule has 6 heteroatoms. The van der Waals surface area contributed by atoms with Crippen molar-refractivity contribution >= 4 is 11.9 Å². The van der Waals surface area contributed by atoms with Gasteiger partial charge in [-0.15, -0.1) is 0 Å². The van der Waals surface area contributed by atoms with Crippen molar-refractivity contribution < 1.29 is 19.4 Å². The molecule has 1 aromatic rings. The van der Waals surface area contributed by atoms with E-state index in [2.05, 4.69) is 24.4 Å². The highest BCUT2D eigenvalue weighted by atomic mass is 16.6. The highest BCUT2D eigenvalue weighted by molar-refractivity contribution is 5.88. The van der Waals surface area contributed by atoms with Crippen LogP contribution < -0.4 is 11.1 Å². The number of esters is 2. The molecule has 0 fully saturated rings. The molecule has 1 rings (SSSR count). The van der Waals surface area contributed by atoms with Crippen molar-refractivity contribution in [3.05, 3.63) is 35.9 Å². The Morgan fingerprint density at radius 2 is 1.29 bits per heavy atom. The van der Waals surface area contributed by atoms with Gasteiger partial charge in [0.05, 0.1) is 6.10 Å². The van der Waals surface area contributed by atoms with Crippen molar-refractivity contribution in [2.75, 3.05) is 6.54 Å². The number of benzene rings is 1. The number of nitrogens with two attached hydrogens (primary N) is 1. The van der Waals surface area contributed by atoms with E-state index in [9.17, 15) is 14.7 Å². The second kappa shape index (κ2) is 24.8. The van der Waals surface area contributed by atoms with E-state index in [1.165, 1.54) is 96.3 Å². The maximum Gasteiger partial charge on any atom is 0.330 e. The van der Waals surface area contributed by atoms with E-state index in [-0.39, 0.29) is 24.8 Å². The molecule has 0 radical (unpaired) electrons. The van der Waals surface area contributed by atoms with Crippen LogP contribution in [-0.4, -0.2) is 41.8 Å². The van der Waals surface area contributed by atoms with E-state index in [1.54, 1.807) is 13.8 Å². The molecule has 41 heavy (non-hydrogen) atoms. The number of carbonyl (C=O) groups excluding carboxylic acids is 2. The lowest BCUT2D eigenvalue weighted by Crippen LogP contribution is -2.42. The highest BCUT2D eigenvalue weighted by Gasteiger charge is 2.24. The summed E-state index contributed by atoms with van der Waals surface area (Å²) in [5.74, 6) is -1.45. The first kappa shape index (κ1) is 37.3. The lowest BCUT2D eigenvalue weighted by Gasteiger charge is -2.24. The summed E-state index contributed by atoms with van der Waals surface area (Å²) in [6, 6.07) is 9.08. The van der Waals surface area contributed by atoms with Gasteiger partial charge in [0.1, 0.15) is 6.04 Å². The Kier molecular flexibility index (Phi) is 22.5. The number of unbranched alkanes of at least 4 members (excludes halogenated alkanes) is 15. The van der Waals surface area contributed by atoms with Gasteiger partial charge in [-0.05, 0) is 37.3 Å². The molecule has 0 aromatic heterocycles. The number of nitrogens with one attached hydrogen (secondary N) is 1. The smallest absolute Gasteiger partial charge is 0.330 e. The van der Waals surface area contributed by atoms with Crippen LogP contribution in [-0.2, 0) is 20.7 Å². The first-order valence-corrected chi connectivity index (χ1v) is 16.8. The molecule has 0 aliphatic heterocycles. The molecule has 0 aliphatic carbocycles. The van der Waals surface area contributed by atoms with Crippen LogP contribution in [0.25, 0.3) is 0 Å². The fourth-order valence-electron chi connectivity index (χ4n) is 5.14. The summed E-state index contributed by atoms with van der Waals surface area (Å²) >= 11 is 0. The van der Waals surface area contributed by atoms with Crippen molar-refractivity contribution in [3.63, 3.8) is 0 Å². The number of ether oxygens (including phenoxy) is 1. The Labute approximate surface area is 251 Å². The second-order valence-electron chi connectivity index (χ2n) is 12.2. The molecule has 236 valence electrons. The van der Waals surface area contributed by atoms with Crippen LogP contribution >= 0.6 is 0 Å². The zero-order valence-corrected chi connectivity index (χ0v) is 26.6. The van der Waals surface area contributed by atoms with Crippen LogP contribution in [0.5, 0.6) is 0 Å². The summed E-state index contributed by atoms with van der Waals surface area (Å²) in [6.45, 7) is 6.72. The lowest BCUT2D eigenvalue weighted by molar-refractivity contribution is -0.161. The number of carbonyl (C=O) groups is 2. The summed E-state index contributed by atoms with van der Waals surface area (Å²) in [4.78, 5) is 24.1. The zero-order chi connectivity index (χ0) is 30.1. The molecule has 0 saturated heterocycles. The van der Waals surface area contributed by atoms with Gasteiger partial charge < -0.3 is 20.9 Å². The highest BCUT2D eigenvalue weighted by Crippen LogP contribution is 2.15. The average molecular weight is 575 g/mol. The van der Waals surface area contributed by atoms with Gasteiger partial charge in [0.2, 0.25) is 0 Å². The predicted octanol–water partition coefficient (Wildman–Crippen LogP) is 7.64. The van der Waals surface area contributed by atoms with Crippen molar-refractivity contribution in [3.8, 4) is 0 Å². The predicted molar refractivity (Wildman–Crippen MR) is 171 cm³/mol. The van der Waals surface area contributed by atoms with Crippen molar-refractivity contribution in [1.82, 2.24) is 5.32 Å². The SMILES string of the molecule is CCCCCCCCCCCCCCCCCCN[C@@H](Cc1ccccc1)C(O)CCC(=O)OC(=O)[C@@H](N)C(C)C. The molecule has 0 spiro atoms. The third-order valence-corrected chi connectivity index (χ3v) is 8.05. The zero-order valence-electron chi connectivity index (χ0n) is 26.6. The van der Waals surface area contributed by atoms with Gasteiger partial charge in [0, 0.05) is 12.5 Å². The topological polar surface area (TPSA) is 102 Å². The monoisotopic (exact) mass is 574 g/mol. The van der Waals surface area contributed by atoms with E-state index in [1.807, 2.05) is 18.2 Å². The summed E-state index contributed by atoms with van der Waals surface area (Å²) in [7, 11) is 0. The van der Waals surface area contributed by atoms with E-state index >= 15 is 0 Å². The van der Waals surface area contributed by atoms with Crippen molar-refractivity contribution in [1.29, 1.82) is 0 Å². The maximum absolute atomic E-state index is 12.2. The molecule has 0 saturated carbocycles. The minimum absolute atomic E-state index is 0.0241. The normalized spacial score (nSPS) is 13.7. The number of hydrogen-bond donors (Lipinski definition) is 3. The molecule has 6 nitrogen and oxygen atoms in total. The van der Waals surface area contributed by atoms with Crippen LogP contribution in [0.4, 0.5) is 0 Å². The first-order chi connectivity index (χ1) is 19.8. The molecule has 4 N–H and O–H groups in total. The number of aliphatic hydroxyl groups is 1. The van der Waals surface area contributed by atoms with E-state index < -0.39 is 24.1 Å². The summed E-state index contributed by atoms with van der Waals surface area (Å²) in [5, 5.41) is 14.4. The van der Waals surface area contributed by atoms with Crippen LogP contribution in [0.3, 0.4) is 0 Å². The van der Waals surface area contributed by atoms with Crippen LogP contribution in [0.15, 0.2) is 30.3 Å². The third-order valence-electron chi connectivity index (χ3n) is 8.05. The Morgan fingerprint density at radius 1 is 0.805 bits per heavy atom. The van der Waals surface area contributed by atoms with Crippen LogP contribution in [0.1, 0.15) is 142 Å². The van der Waals surface area contributed by atoms with Gasteiger partial charge in [0.15, 0.2) is 0 Å². The largest absolute Gasteiger partial charge is 0.392 e. The van der Waals surface area contributed by atoms with Crippen molar-refractivity contribution in [2.45, 2.75) is 161 Å². The molecule has 0 bridgehead atoms. The van der Waals surface area contributed by atoms with Gasteiger partial charge in [-0.3, -0.25) is 4.79 Å². The number of rotatable bonds is 26. The van der Waals surface area contributed by atoms with Gasteiger partial charge >= 0.3 is 11.9 Å². The minimum Gasteiger partial charge on any atom is -0.392 e. The molecule has 1 unspecified atom stereocenters. The standard InChI is InChI=1S/C35H62N2O4/c1-4-5-6-7-8-9-10-11-12-13-14-15-16-17-18-22-27-37-31(28-30-23-20-19-21-24-30)32(38)25-26-33(39)41-35(40)34(36)29(2)3/h19-21,23-24,29,31-32,34,37-38H,4-18,22,25-28,36H2,1-3H3/t31-,32?,34-/m0/s1. The maximum atomic E-state index is 12.2. The number of hydrogen-bond acceptors (Lipinski definition) is 6. The summed E-state index contributed by atoms with van der Waals surface area (Å²) in [6.07, 6.45) is 21.6. The molecule has 1 aromatic carbocycles. The fourth-order valence-corrected chi connectivity index (χ4v) is 5.14. The van der Waals surface area contributed by atoms with E-state index in [4.69, 9.17) is 10.5 Å². The van der Waals surface area contributed by atoms with Crippen LogP contribution in [0, 0.1) is 5.92 Å². The van der Waals surface area contributed by atoms with E-state index in [0.717, 1.165) is 18.5 Å². The molecule has 0 aliphatic rings. The molecule has 0 heterocycles. The van der Waals surface area contributed by atoms with Gasteiger partial charge in [0.25, 0.3) is 0 Å². The lowest BCUT2D eigenvalue weighted by atomic mass is 9.98. The minimum atomic E-state index is -0.823. The molecule has 3 atom stereocenters. The number of aliphatic hydroxyl groups excluding tert-OH is 1. The summed E-state index contributed by atoms with van der Waals surface area (Å²) in [5.41, 5.74) is 6.90. The quantitative estimate of drug-likeness (QED) is 0.0597. The first-order valence-electron chi connectivity index (χ1n) is 16.8.